The molecule has 1 aromatic carbocycles. The summed E-state index contributed by atoms with van der Waals surface area (Å²) in [6.07, 6.45) is 1.88. The van der Waals surface area contributed by atoms with Crippen molar-refractivity contribution in [3.63, 3.8) is 0 Å². The van der Waals surface area contributed by atoms with Crippen molar-refractivity contribution in [3.05, 3.63) is 33.9 Å². The van der Waals surface area contributed by atoms with Crippen LogP contribution in [0.5, 0.6) is 0 Å². The van der Waals surface area contributed by atoms with E-state index in [-0.39, 0.29) is 23.8 Å². The molecular weight excluding hydrogens is 314 g/mol. The molecule has 0 saturated carbocycles. The Bertz CT molecular complexity index is 639. The van der Waals surface area contributed by atoms with E-state index < -0.39 is 10.9 Å². The Balaban J connectivity index is 1.96. The first-order valence-electron chi connectivity index (χ1n) is 7.83. The van der Waals surface area contributed by atoms with Crippen molar-refractivity contribution in [2.45, 2.75) is 19.8 Å². The highest BCUT2D eigenvalue weighted by atomic mass is 16.6. The zero-order valence-electron chi connectivity index (χ0n) is 13.8. The molecule has 1 aliphatic rings. The molecule has 130 valence electrons. The number of hydrogen-bond acceptors (Lipinski definition) is 6. The Kier molecular flexibility index (Phi) is 5.73. The Labute approximate surface area is 139 Å². The maximum atomic E-state index is 12.0. The number of carbonyl (C=O) groups excluding carboxylic acids is 2. The van der Waals surface area contributed by atoms with Crippen molar-refractivity contribution in [3.8, 4) is 0 Å². The number of ether oxygens (including phenoxy) is 1. The van der Waals surface area contributed by atoms with Gasteiger partial charge in [0.2, 0.25) is 0 Å². The maximum Gasteiger partial charge on any atom is 0.338 e. The van der Waals surface area contributed by atoms with E-state index in [2.05, 4.69) is 12.2 Å². The van der Waals surface area contributed by atoms with Crippen molar-refractivity contribution in [2.24, 2.45) is 5.92 Å². The lowest BCUT2D eigenvalue weighted by atomic mass is 9.99. The third-order valence-electron chi connectivity index (χ3n) is 4.16. The second kappa shape index (κ2) is 7.76. The number of rotatable bonds is 5. The highest BCUT2D eigenvalue weighted by Crippen LogP contribution is 2.25. The van der Waals surface area contributed by atoms with Crippen LogP contribution in [0.3, 0.4) is 0 Å². The highest BCUT2D eigenvalue weighted by molar-refractivity contribution is 5.93. The molecule has 8 heteroatoms. The van der Waals surface area contributed by atoms with Gasteiger partial charge in [-0.05, 0) is 30.9 Å². The molecule has 1 aliphatic heterocycles. The van der Waals surface area contributed by atoms with Gasteiger partial charge in [-0.2, -0.15) is 0 Å². The Morgan fingerprint density at radius 1 is 1.38 bits per heavy atom. The molecule has 0 unspecified atom stereocenters. The van der Waals surface area contributed by atoms with Crippen molar-refractivity contribution in [1.29, 1.82) is 0 Å². The minimum absolute atomic E-state index is 0.0424. The van der Waals surface area contributed by atoms with Crippen LogP contribution in [0.2, 0.25) is 0 Å². The summed E-state index contributed by atoms with van der Waals surface area (Å²) in [7, 11) is 1.55. The third kappa shape index (κ3) is 4.21. The van der Waals surface area contributed by atoms with E-state index >= 15 is 0 Å². The smallest absolute Gasteiger partial charge is 0.338 e. The summed E-state index contributed by atoms with van der Waals surface area (Å²) in [5.41, 5.74) is 0.124. The Morgan fingerprint density at radius 3 is 2.62 bits per heavy atom. The summed E-state index contributed by atoms with van der Waals surface area (Å²) in [5.74, 6) is -0.390. The summed E-state index contributed by atoms with van der Waals surface area (Å²) in [5, 5.41) is 13.7. The Morgan fingerprint density at radius 2 is 2.04 bits per heavy atom. The van der Waals surface area contributed by atoms with E-state index in [4.69, 9.17) is 4.74 Å². The fourth-order valence-corrected chi connectivity index (χ4v) is 2.58. The minimum atomic E-state index is -0.750. The number of piperidine rings is 1. The number of esters is 1. The molecule has 0 bridgehead atoms. The number of anilines is 1. The standard InChI is InChI=1S/C16H21N3O5/c1-11-5-7-18(8-6-11)15(20)10-24-16(21)12-3-4-13(17-2)14(9-12)19(22)23/h3-4,9,11,17H,5-8,10H2,1-2H3. The zero-order chi connectivity index (χ0) is 17.7. The van der Waals surface area contributed by atoms with Gasteiger partial charge >= 0.3 is 5.97 Å². The van der Waals surface area contributed by atoms with Crippen molar-refractivity contribution >= 4 is 23.3 Å². The Hall–Kier alpha value is -2.64. The molecule has 0 spiro atoms. The van der Waals surface area contributed by atoms with E-state index in [0.717, 1.165) is 18.9 Å². The lowest BCUT2D eigenvalue weighted by Gasteiger charge is -2.30. The third-order valence-corrected chi connectivity index (χ3v) is 4.16. The molecule has 1 aromatic rings. The number of nitro benzene ring substituents is 1. The molecule has 0 radical (unpaired) electrons. The normalized spacial score (nSPS) is 15.0. The molecule has 0 aliphatic carbocycles. The molecule has 0 atom stereocenters. The largest absolute Gasteiger partial charge is 0.452 e. The second-order valence-electron chi connectivity index (χ2n) is 5.88. The number of likely N-dealkylation sites (tertiary alicyclic amines) is 1. The lowest BCUT2D eigenvalue weighted by molar-refractivity contribution is -0.384. The van der Waals surface area contributed by atoms with Gasteiger partial charge in [0.1, 0.15) is 5.69 Å². The summed E-state index contributed by atoms with van der Waals surface area (Å²) >= 11 is 0. The van der Waals surface area contributed by atoms with E-state index in [1.807, 2.05) is 0 Å². The van der Waals surface area contributed by atoms with Crippen LogP contribution in [0.15, 0.2) is 18.2 Å². The van der Waals surface area contributed by atoms with Crippen molar-refractivity contribution in [2.75, 3.05) is 32.1 Å². The van der Waals surface area contributed by atoms with E-state index in [1.165, 1.54) is 12.1 Å². The van der Waals surface area contributed by atoms with Gasteiger partial charge in [0.25, 0.3) is 11.6 Å². The molecule has 8 nitrogen and oxygen atoms in total. The van der Waals surface area contributed by atoms with Gasteiger partial charge in [-0.3, -0.25) is 14.9 Å². The molecule has 0 aromatic heterocycles. The van der Waals surface area contributed by atoms with Crippen LogP contribution < -0.4 is 5.32 Å². The number of amides is 1. The summed E-state index contributed by atoms with van der Waals surface area (Å²) in [6, 6.07) is 4.00. The molecule has 24 heavy (non-hydrogen) atoms. The second-order valence-corrected chi connectivity index (χ2v) is 5.88. The summed E-state index contributed by atoms with van der Waals surface area (Å²) in [4.78, 5) is 36.2. The van der Waals surface area contributed by atoms with Gasteiger partial charge in [0, 0.05) is 26.2 Å². The number of nitro groups is 1. The average Bonchev–Trinajstić information content (AvgIpc) is 2.59. The fraction of sp³-hybridized carbons (Fsp3) is 0.500. The molecule has 1 saturated heterocycles. The fourth-order valence-electron chi connectivity index (χ4n) is 2.58. The maximum absolute atomic E-state index is 12.0. The van der Waals surface area contributed by atoms with Crippen LogP contribution in [0.25, 0.3) is 0 Å². The topological polar surface area (TPSA) is 102 Å². The zero-order valence-corrected chi connectivity index (χ0v) is 13.8. The van der Waals surface area contributed by atoms with Gasteiger partial charge in [-0.1, -0.05) is 6.92 Å². The first-order valence-corrected chi connectivity index (χ1v) is 7.83. The van der Waals surface area contributed by atoms with Crippen LogP contribution in [0, 0.1) is 16.0 Å². The highest BCUT2D eigenvalue weighted by Gasteiger charge is 2.22. The number of hydrogen-bond donors (Lipinski definition) is 1. The molecule has 1 heterocycles. The molecule has 1 fully saturated rings. The lowest BCUT2D eigenvalue weighted by Crippen LogP contribution is -2.40. The van der Waals surface area contributed by atoms with Gasteiger partial charge in [0.05, 0.1) is 10.5 Å². The minimum Gasteiger partial charge on any atom is -0.452 e. The monoisotopic (exact) mass is 335 g/mol. The van der Waals surface area contributed by atoms with Gasteiger partial charge in [-0.25, -0.2) is 4.79 Å². The molecule has 1 amide bonds. The van der Waals surface area contributed by atoms with Crippen molar-refractivity contribution < 1.29 is 19.2 Å². The SMILES string of the molecule is CNc1ccc(C(=O)OCC(=O)N2CCC(C)CC2)cc1[N+](=O)[O-]. The van der Waals surface area contributed by atoms with Crippen LogP contribution >= 0.6 is 0 Å². The van der Waals surface area contributed by atoms with E-state index in [9.17, 15) is 19.7 Å². The van der Waals surface area contributed by atoms with Crippen molar-refractivity contribution in [1.82, 2.24) is 4.90 Å². The predicted molar refractivity (Wildman–Crippen MR) is 87.9 cm³/mol. The average molecular weight is 335 g/mol. The quantitative estimate of drug-likeness (QED) is 0.502. The van der Waals surface area contributed by atoms with E-state index in [0.29, 0.717) is 24.7 Å². The molecule has 1 N–H and O–H groups in total. The van der Waals surface area contributed by atoms with Crippen LogP contribution in [-0.2, 0) is 9.53 Å². The van der Waals surface area contributed by atoms with Gasteiger partial charge in [0.15, 0.2) is 6.61 Å². The van der Waals surface area contributed by atoms with E-state index in [1.54, 1.807) is 11.9 Å². The first-order chi connectivity index (χ1) is 11.4. The number of carbonyl (C=O) groups is 2. The number of nitrogens with one attached hydrogen (secondary N) is 1. The number of nitrogens with zero attached hydrogens (tertiary/aromatic N) is 2. The summed E-state index contributed by atoms with van der Waals surface area (Å²) < 4.78 is 5.01. The first kappa shape index (κ1) is 17.7. The van der Waals surface area contributed by atoms with Crippen LogP contribution in [0.4, 0.5) is 11.4 Å². The molecule has 2 rings (SSSR count). The predicted octanol–water partition coefficient (Wildman–Crippen LogP) is 2.05. The summed E-state index contributed by atoms with van der Waals surface area (Å²) in [6.45, 7) is 3.12. The van der Waals surface area contributed by atoms with Gasteiger partial charge in [-0.15, -0.1) is 0 Å². The van der Waals surface area contributed by atoms with Crippen LogP contribution in [-0.4, -0.2) is 48.4 Å². The van der Waals surface area contributed by atoms with Crippen LogP contribution in [0.1, 0.15) is 30.1 Å². The molecular formula is C16H21N3O5. The number of benzene rings is 1. The van der Waals surface area contributed by atoms with Gasteiger partial charge < -0.3 is 15.0 Å².